The monoisotopic (exact) mass is 327 g/mol. The van der Waals surface area contributed by atoms with Crippen LogP contribution in [-0.4, -0.2) is 17.0 Å². The molecule has 0 aromatic heterocycles. The highest BCUT2D eigenvalue weighted by atomic mass is 16.5. The number of ether oxygens (including phenoxy) is 1. The predicted octanol–water partition coefficient (Wildman–Crippen LogP) is 3.45. The zero-order valence-corrected chi connectivity index (χ0v) is 14.2. The molecule has 5 nitrogen and oxygen atoms in total. The number of carbonyl (C=O) groups excluding carboxylic acids is 1. The van der Waals surface area contributed by atoms with Gasteiger partial charge in [-0.05, 0) is 49.8 Å². The number of hydrogen-bond acceptors (Lipinski definition) is 4. The molecule has 1 aliphatic rings. The summed E-state index contributed by atoms with van der Waals surface area (Å²) in [5.41, 5.74) is 5.53. The average molecular weight is 327 g/mol. The lowest BCUT2D eigenvalue weighted by Crippen LogP contribution is -2.08. The van der Waals surface area contributed by atoms with Crippen molar-refractivity contribution in [1.82, 2.24) is 0 Å². The highest BCUT2D eigenvalue weighted by molar-refractivity contribution is 5.97. The average Bonchev–Trinajstić information content (AvgIpc) is 2.93. The van der Waals surface area contributed by atoms with Crippen LogP contribution in [0.3, 0.4) is 0 Å². The molecular weight excluding hydrogens is 306 g/mol. The number of allylic oxidation sites excluding steroid dienone is 2. The summed E-state index contributed by atoms with van der Waals surface area (Å²) in [6, 6.07) is 2.18. The van der Waals surface area contributed by atoms with E-state index in [-0.39, 0.29) is 13.0 Å². The van der Waals surface area contributed by atoms with Crippen LogP contribution in [0.1, 0.15) is 64.9 Å². The van der Waals surface area contributed by atoms with Crippen molar-refractivity contribution in [2.75, 3.05) is 0 Å². The molecule has 0 atom stereocenters. The van der Waals surface area contributed by atoms with Crippen LogP contribution < -0.4 is 0 Å². The first-order valence-corrected chi connectivity index (χ1v) is 8.02. The van der Waals surface area contributed by atoms with Gasteiger partial charge in [-0.15, -0.1) is 0 Å². The van der Waals surface area contributed by atoms with Crippen molar-refractivity contribution in [3.8, 4) is 6.07 Å². The van der Waals surface area contributed by atoms with Gasteiger partial charge in [0, 0.05) is 12.0 Å². The van der Waals surface area contributed by atoms with Gasteiger partial charge in [-0.1, -0.05) is 18.6 Å². The first-order chi connectivity index (χ1) is 11.4. The Bertz CT molecular complexity index is 769. The molecule has 1 aliphatic heterocycles. The van der Waals surface area contributed by atoms with Gasteiger partial charge in [0.25, 0.3) is 0 Å². The number of esters is 1. The number of benzene rings is 1. The lowest BCUT2D eigenvalue weighted by Gasteiger charge is -2.16. The number of carbonyl (C=O) groups is 2. The van der Waals surface area contributed by atoms with Gasteiger partial charge in [-0.2, -0.15) is 5.26 Å². The number of carboxylic acids is 1. The second-order valence-corrected chi connectivity index (χ2v) is 6.00. The normalized spacial score (nSPS) is 13.4. The fourth-order valence-corrected chi connectivity index (χ4v) is 3.17. The number of carboxylic acid groups (broad SMARTS) is 1. The fourth-order valence-electron chi connectivity index (χ4n) is 3.17. The van der Waals surface area contributed by atoms with Crippen LogP contribution in [0.25, 0.3) is 0 Å². The summed E-state index contributed by atoms with van der Waals surface area (Å²) in [6.45, 7) is 6.10. The van der Waals surface area contributed by atoms with Crippen molar-refractivity contribution in [3.63, 3.8) is 0 Å². The number of nitriles is 1. The van der Waals surface area contributed by atoms with Crippen LogP contribution >= 0.6 is 0 Å². The van der Waals surface area contributed by atoms with Gasteiger partial charge >= 0.3 is 11.9 Å². The molecule has 1 N–H and O–H groups in total. The van der Waals surface area contributed by atoms with Crippen LogP contribution in [0.5, 0.6) is 0 Å². The Balaban J connectivity index is 2.46. The second-order valence-electron chi connectivity index (χ2n) is 6.00. The van der Waals surface area contributed by atoms with E-state index in [9.17, 15) is 14.9 Å². The van der Waals surface area contributed by atoms with Gasteiger partial charge in [-0.3, -0.25) is 4.79 Å². The number of fused-ring (bicyclic) bond motifs is 1. The van der Waals surface area contributed by atoms with E-state index in [1.165, 1.54) is 0 Å². The van der Waals surface area contributed by atoms with E-state index in [1.54, 1.807) is 0 Å². The third kappa shape index (κ3) is 3.33. The summed E-state index contributed by atoms with van der Waals surface area (Å²) in [5, 5.41) is 18.4. The maximum atomic E-state index is 12.0. The van der Waals surface area contributed by atoms with Gasteiger partial charge in [0.2, 0.25) is 0 Å². The van der Waals surface area contributed by atoms with E-state index in [2.05, 4.69) is 6.07 Å². The van der Waals surface area contributed by atoms with Gasteiger partial charge in [0.05, 0.1) is 11.1 Å². The molecule has 126 valence electrons. The molecule has 0 saturated carbocycles. The molecule has 0 fully saturated rings. The summed E-state index contributed by atoms with van der Waals surface area (Å²) >= 11 is 0. The predicted molar refractivity (Wildman–Crippen MR) is 88.7 cm³/mol. The van der Waals surface area contributed by atoms with Crippen LogP contribution in [0.2, 0.25) is 0 Å². The minimum Gasteiger partial charge on any atom is -0.481 e. The molecule has 0 spiro atoms. The van der Waals surface area contributed by atoms with Crippen molar-refractivity contribution >= 4 is 11.9 Å². The maximum Gasteiger partial charge on any atom is 0.340 e. The summed E-state index contributed by atoms with van der Waals surface area (Å²) < 4.78 is 5.12. The van der Waals surface area contributed by atoms with E-state index in [0.29, 0.717) is 24.0 Å². The Morgan fingerprint density at radius 2 is 2.08 bits per heavy atom. The molecule has 0 saturated heterocycles. The topological polar surface area (TPSA) is 87.4 Å². The largest absolute Gasteiger partial charge is 0.481 e. The molecule has 1 aromatic rings. The summed E-state index contributed by atoms with van der Waals surface area (Å²) in [4.78, 5) is 22.7. The molecule has 5 heteroatoms. The number of aliphatic carboxylic acids is 1. The smallest absolute Gasteiger partial charge is 0.340 e. The van der Waals surface area contributed by atoms with Crippen LogP contribution in [0.15, 0.2) is 11.6 Å². The first-order valence-electron chi connectivity index (χ1n) is 8.02. The van der Waals surface area contributed by atoms with Gasteiger partial charge in [0.1, 0.15) is 12.7 Å². The van der Waals surface area contributed by atoms with Crippen molar-refractivity contribution in [2.24, 2.45) is 0 Å². The minimum absolute atomic E-state index is 0.0869. The zero-order chi connectivity index (χ0) is 17.9. The summed E-state index contributed by atoms with van der Waals surface area (Å²) in [6.07, 6.45) is 3.79. The SMILES string of the molecule is CCc1c(C)c2c(c(C#N)c1CC=C(C)CCC(=O)O)C(=O)OC2. The molecule has 2 rings (SSSR count). The third-order valence-corrected chi connectivity index (χ3v) is 4.53. The van der Waals surface area contributed by atoms with E-state index >= 15 is 0 Å². The highest BCUT2D eigenvalue weighted by Crippen LogP contribution is 2.33. The van der Waals surface area contributed by atoms with Crippen molar-refractivity contribution in [2.45, 2.75) is 53.1 Å². The number of cyclic esters (lactones) is 1. The molecule has 1 aromatic carbocycles. The first kappa shape index (κ1) is 17.7. The van der Waals surface area contributed by atoms with E-state index in [0.717, 1.165) is 34.2 Å². The van der Waals surface area contributed by atoms with Gasteiger partial charge < -0.3 is 9.84 Å². The molecule has 0 radical (unpaired) electrons. The lowest BCUT2D eigenvalue weighted by molar-refractivity contribution is -0.136. The highest BCUT2D eigenvalue weighted by Gasteiger charge is 2.30. The Kier molecular flexibility index (Phi) is 5.40. The van der Waals surface area contributed by atoms with Crippen LogP contribution in [-0.2, 0) is 29.0 Å². The molecule has 0 amide bonds. The van der Waals surface area contributed by atoms with Crippen molar-refractivity contribution in [1.29, 1.82) is 5.26 Å². The zero-order valence-electron chi connectivity index (χ0n) is 14.2. The van der Waals surface area contributed by atoms with Gasteiger partial charge in [0.15, 0.2) is 0 Å². The van der Waals surface area contributed by atoms with Gasteiger partial charge in [-0.25, -0.2) is 4.79 Å². The standard InChI is InChI=1S/C19H21NO4/c1-4-13-12(3)16-10-24-19(23)18(16)15(9-20)14(13)7-5-11(2)6-8-17(21)22/h5H,4,6-8,10H2,1-3H3,(H,21,22). The fraction of sp³-hybridized carbons (Fsp3) is 0.421. The Labute approximate surface area is 141 Å². The maximum absolute atomic E-state index is 12.0. The minimum atomic E-state index is -0.828. The molecule has 0 bridgehead atoms. The van der Waals surface area contributed by atoms with E-state index < -0.39 is 11.9 Å². The molecular formula is C19H21NO4. The van der Waals surface area contributed by atoms with E-state index in [1.807, 2.05) is 26.8 Å². The lowest BCUT2D eigenvalue weighted by atomic mass is 9.85. The van der Waals surface area contributed by atoms with Crippen LogP contribution in [0.4, 0.5) is 0 Å². The summed E-state index contributed by atoms with van der Waals surface area (Å²) in [7, 11) is 0. The quantitative estimate of drug-likeness (QED) is 0.638. The second kappa shape index (κ2) is 7.31. The van der Waals surface area contributed by atoms with Crippen molar-refractivity contribution in [3.05, 3.63) is 45.0 Å². The Hall–Kier alpha value is -2.61. The molecule has 0 unspecified atom stereocenters. The Morgan fingerprint density at radius 3 is 2.67 bits per heavy atom. The number of hydrogen-bond donors (Lipinski definition) is 1. The number of nitrogens with zero attached hydrogens (tertiary/aromatic N) is 1. The van der Waals surface area contributed by atoms with Crippen LogP contribution in [0, 0.1) is 18.3 Å². The third-order valence-electron chi connectivity index (χ3n) is 4.53. The molecule has 0 aliphatic carbocycles. The Morgan fingerprint density at radius 1 is 1.38 bits per heavy atom. The molecule has 24 heavy (non-hydrogen) atoms. The molecule has 1 heterocycles. The van der Waals surface area contributed by atoms with Crippen molar-refractivity contribution < 1.29 is 19.4 Å². The number of rotatable bonds is 6. The van der Waals surface area contributed by atoms with E-state index in [4.69, 9.17) is 9.84 Å². The summed E-state index contributed by atoms with van der Waals surface area (Å²) in [5.74, 6) is -1.26.